The normalized spacial score (nSPS) is 10.8. The van der Waals surface area contributed by atoms with Gasteiger partial charge in [0, 0.05) is 12.6 Å². The fraction of sp³-hybridized carbons (Fsp3) is 0.250. The second-order valence-electron chi connectivity index (χ2n) is 7.38. The molecule has 0 spiro atoms. The van der Waals surface area contributed by atoms with Gasteiger partial charge in [0.05, 0.1) is 5.56 Å². The van der Waals surface area contributed by atoms with Crippen LogP contribution in [0.1, 0.15) is 29.8 Å². The van der Waals surface area contributed by atoms with Gasteiger partial charge >= 0.3 is 0 Å². The zero-order valence-corrected chi connectivity index (χ0v) is 17.1. The monoisotopic (exact) mass is 406 g/mol. The van der Waals surface area contributed by atoms with E-state index in [1.165, 1.54) is 0 Å². The highest BCUT2D eigenvalue weighted by Gasteiger charge is 2.15. The first-order valence-electron chi connectivity index (χ1n) is 9.93. The van der Waals surface area contributed by atoms with E-state index in [0.29, 0.717) is 24.3 Å². The number of hydrogen-bond donors (Lipinski definition) is 3. The van der Waals surface area contributed by atoms with Gasteiger partial charge < -0.3 is 20.5 Å². The standard InChI is InChI=1S/C24H26N2O4/c1-16(2)26-23(28)15-30-22-14-19-6-4-3-5-18(19)13-21(22)24(29)25-12-11-17-7-9-20(27)10-8-17/h3-10,13-14,16,27H,11-12,15H2,1-2H3,(H,25,29)(H,26,28). The second kappa shape index (κ2) is 9.78. The summed E-state index contributed by atoms with van der Waals surface area (Å²) in [6.07, 6.45) is 0.632. The number of rotatable bonds is 8. The molecule has 0 atom stereocenters. The van der Waals surface area contributed by atoms with Gasteiger partial charge in [-0.15, -0.1) is 0 Å². The number of phenols is 1. The molecule has 0 bridgehead atoms. The molecule has 0 heterocycles. The van der Waals surface area contributed by atoms with E-state index in [9.17, 15) is 14.7 Å². The van der Waals surface area contributed by atoms with Crippen molar-refractivity contribution in [2.24, 2.45) is 0 Å². The summed E-state index contributed by atoms with van der Waals surface area (Å²) in [6.45, 7) is 4.02. The minimum Gasteiger partial charge on any atom is -0.508 e. The van der Waals surface area contributed by atoms with Crippen molar-refractivity contribution in [1.82, 2.24) is 10.6 Å². The van der Waals surface area contributed by atoms with Gasteiger partial charge in [-0.3, -0.25) is 9.59 Å². The van der Waals surface area contributed by atoms with Gasteiger partial charge in [-0.05, 0) is 60.9 Å². The molecular weight excluding hydrogens is 380 g/mol. The van der Waals surface area contributed by atoms with E-state index >= 15 is 0 Å². The van der Waals surface area contributed by atoms with Gasteiger partial charge in [0.2, 0.25) is 0 Å². The molecule has 0 radical (unpaired) electrons. The summed E-state index contributed by atoms with van der Waals surface area (Å²) in [4.78, 5) is 24.8. The average Bonchev–Trinajstić information content (AvgIpc) is 2.72. The lowest BCUT2D eigenvalue weighted by atomic mass is 10.0. The summed E-state index contributed by atoms with van der Waals surface area (Å²) in [7, 11) is 0. The lowest BCUT2D eigenvalue weighted by molar-refractivity contribution is -0.123. The van der Waals surface area contributed by atoms with Crippen molar-refractivity contribution in [1.29, 1.82) is 0 Å². The molecule has 0 unspecified atom stereocenters. The van der Waals surface area contributed by atoms with Gasteiger partial charge in [-0.2, -0.15) is 0 Å². The third kappa shape index (κ3) is 5.73. The lowest BCUT2D eigenvalue weighted by Crippen LogP contribution is -2.34. The van der Waals surface area contributed by atoms with E-state index in [1.807, 2.05) is 50.2 Å². The molecule has 3 rings (SSSR count). The van der Waals surface area contributed by atoms with E-state index in [2.05, 4.69) is 10.6 Å². The Hall–Kier alpha value is -3.54. The smallest absolute Gasteiger partial charge is 0.258 e. The molecule has 0 saturated carbocycles. The zero-order chi connectivity index (χ0) is 21.5. The Kier molecular flexibility index (Phi) is 6.91. The molecule has 30 heavy (non-hydrogen) atoms. The number of hydrogen-bond acceptors (Lipinski definition) is 4. The molecule has 3 aromatic carbocycles. The fourth-order valence-electron chi connectivity index (χ4n) is 3.10. The van der Waals surface area contributed by atoms with Gasteiger partial charge in [0.1, 0.15) is 11.5 Å². The van der Waals surface area contributed by atoms with Crippen molar-refractivity contribution in [3.8, 4) is 11.5 Å². The first-order valence-corrected chi connectivity index (χ1v) is 9.93. The summed E-state index contributed by atoms with van der Waals surface area (Å²) < 4.78 is 5.71. The summed E-state index contributed by atoms with van der Waals surface area (Å²) >= 11 is 0. The molecule has 6 nitrogen and oxygen atoms in total. The highest BCUT2D eigenvalue weighted by Crippen LogP contribution is 2.26. The van der Waals surface area contributed by atoms with Crippen LogP contribution in [0, 0.1) is 0 Å². The van der Waals surface area contributed by atoms with Crippen LogP contribution in [0.15, 0.2) is 60.7 Å². The summed E-state index contributed by atoms with van der Waals surface area (Å²) in [5, 5.41) is 16.9. The van der Waals surface area contributed by atoms with E-state index in [-0.39, 0.29) is 30.2 Å². The fourth-order valence-corrected chi connectivity index (χ4v) is 3.10. The van der Waals surface area contributed by atoms with Crippen LogP contribution in [0.2, 0.25) is 0 Å². The molecular formula is C24H26N2O4. The van der Waals surface area contributed by atoms with Crippen LogP contribution in [-0.4, -0.2) is 36.1 Å². The van der Waals surface area contributed by atoms with Gasteiger partial charge in [0.25, 0.3) is 11.8 Å². The van der Waals surface area contributed by atoms with E-state index in [0.717, 1.165) is 16.3 Å². The van der Waals surface area contributed by atoms with Gasteiger partial charge in [0.15, 0.2) is 6.61 Å². The Morgan fingerprint density at radius 2 is 1.67 bits per heavy atom. The van der Waals surface area contributed by atoms with Crippen LogP contribution in [0.4, 0.5) is 0 Å². The molecule has 6 heteroatoms. The highest BCUT2D eigenvalue weighted by molar-refractivity contribution is 6.01. The number of benzene rings is 3. The number of aromatic hydroxyl groups is 1. The quantitative estimate of drug-likeness (QED) is 0.535. The predicted octanol–water partition coefficient (Wildman–Crippen LogP) is 3.42. The first-order chi connectivity index (χ1) is 14.4. The Labute approximate surface area is 175 Å². The van der Waals surface area contributed by atoms with E-state index in [4.69, 9.17) is 4.74 Å². The van der Waals surface area contributed by atoms with Crippen molar-refractivity contribution in [2.75, 3.05) is 13.2 Å². The molecule has 0 aliphatic rings. The molecule has 0 fully saturated rings. The average molecular weight is 406 g/mol. The van der Waals surface area contributed by atoms with Crippen LogP contribution >= 0.6 is 0 Å². The minimum absolute atomic E-state index is 0.0142. The van der Waals surface area contributed by atoms with Crippen LogP contribution in [-0.2, 0) is 11.2 Å². The van der Waals surface area contributed by atoms with Crippen molar-refractivity contribution < 1.29 is 19.4 Å². The lowest BCUT2D eigenvalue weighted by Gasteiger charge is -2.14. The van der Waals surface area contributed by atoms with Crippen LogP contribution < -0.4 is 15.4 Å². The molecule has 3 N–H and O–H groups in total. The maximum atomic E-state index is 12.8. The molecule has 0 aliphatic heterocycles. The van der Waals surface area contributed by atoms with E-state index in [1.54, 1.807) is 24.3 Å². The summed E-state index contributed by atoms with van der Waals surface area (Å²) in [5.41, 5.74) is 1.39. The van der Waals surface area contributed by atoms with E-state index < -0.39 is 0 Å². The Morgan fingerprint density at radius 3 is 2.33 bits per heavy atom. The molecule has 0 saturated heterocycles. The van der Waals surface area contributed by atoms with Crippen molar-refractivity contribution in [3.05, 3.63) is 71.8 Å². The van der Waals surface area contributed by atoms with Gasteiger partial charge in [-0.25, -0.2) is 0 Å². The minimum atomic E-state index is -0.265. The summed E-state index contributed by atoms with van der Waals surface area (Å²) in [5.74, 6) is 0.0765. The Morgan fingerprint density at radius 1 is 1.00 bits per heavy atom. The van der Waals surface area contributed by atoms with Crippen LogP contribution in [0.3, 0.4) is 0 Å². The van der Waals surface area contributed by atoms with Crippen molar-refractivity contribution >= 4 is 22.6 Å². The SMILES string of the molecule is CC(C)NC(=O)COc1cc2ccccc2cc1C(=O)NCCc1ccc(O)cc1. The number of nitrogens with one attached hydrogen (secondary N) is 2. The molecule has 156 valence electrons. The maximum Gasteiger partial charge on any atom is 0.258 e. The molecule has 2 amide bonds. The number of amides is 2. The third-order valence-corrected chi connectivity index (χ3v) is 4.54. The highest BCUT2D eigenvalue weighted by atomic mass is 16.5. The second-order valence-corrected chi connectivity index (χ2v) is 7.38. The predicted molar refractivity (Wildman–Crippen MR) is 117 cm³/mol. The van der Waals surface area contributed by atoms with Gasteiger partial charge in [-0.1, -0.05) is 36.4 Å². The van der Waals surface area contributed by atoms with Crippen LogP contribution in [0.25, 0.3) is 10.8 Å². The Balaban J connectivity index is 1.73. The topological polar surface area (TPSA) is 87.7 Å². The third-order valence-electron chi connectivity index (χ3n) is 4.54. The number of ether oxygens (including phenoxy) is 1. The molecule has 3 aromatic rings. The first kappa shape index (κ1) is 21.2. The molecule has 0 aliphatic carbocycles. The van der Waals surface area contributed by atoms with Crippen molar-refractivity contribution in [3.63, 3.8) is 0 Å². The number of carbonyl (C=O) groups is 2. The molecule has 0 aromatic heterocycles. The number of phenolic OH excluding ortho intramolecular Hbond substituents is 1. The number of carbonyl (C=O) groups excluding carboxylic acids is 2. The van der Waals surface area contributed by atoms with Crippen LogP contribution in [0.5, 0.6) is 11.5 Å². The maximum absolute atomic E-state index is 12.8. The Bertz CT molecular complexity index is 1030. The van der Waals surface area contributed by atoms with Crippen molar-refractivity contribution in [2.45, 2.75) is 26.3 Å². The largest absolute Gasteiger partial charge is 0.508 e. The number of fused-ring (bicyclic) bond motifs is 1. The zero-order valence-electron chi connectivity index (χ0n) is 17.1. The summed E-state index contributed by atoms with van der Waals surface area (Å²) in [6, 6.07) is 18.1.